The van der Waals surface area contributed by atoms with Crippen LogP contribution in [0.2, 0.25) is 5.02 Å². The van der Waals surface area contributed by atoms with E-state index in [1.807, 2.05) is 4.90 Å². The predicted molar refractivity (Wildman–Crippen MR) is 122 cm³/mol. The highest BCUT2D eigenvalue weighted by molar-refractivity contribution is 7.91. The first-order valence-corrected chi connectivity index (χ1v) is 13.2. The summed E-state index contributed by atoms with van der Waals surface area (Å²) in [5, 5.41) is 1.33. The molecule has 1 aromatic carbocycles. The van der Waals surface area contributed by atoms with Gasteiger partial charge in [0, 0.05) is 29.4 Å². The Morgan fingerprint density at radius 1 is 1.23 bits per heavy atom. The van der Waals surface area contributed by atoms with Gasteiger partial charge >= 0.3 is 0 Å². The average molecular weight is 484 g/mol. The van der Waals surface area contributed by atoms with Gasteiger partial charge in [0.1, 0.15) is 16.3 Å². The molecule has 31 heavy (non-hydrogen) atoms. The number of rotatable bonds is 5. The molecule has 2 atom stereocenters. The van der Waals surface area contributed by atoms with Crippen LogP contribution in [-0.4, -0.2) is 61.7 Å². The SMILES string of the molecule is Cc1c(S(=O)(=O)N[C@H]2CCN([C@@H](C)C(=O)N3CCCCC3)C2=O)sc2ccc(Cl)cc12. The maximum atomic E-state index is 13.1. The van der Waals surface area contributed by atoms with Gasteiger partial charge in [-0.05, 0) is 68.7 Å². The highest BCUT2D eigenvalue weighted by atomic mass is 35.5. The van der Waals surface area contributed by atoms with Crippen LogP contribution < -0.4 is 4.72 Å². The number of halogens is 1. The number of thiophene rings is 1. The van der Waals surface area contributed by atoms with Crippen LogP contribution in [0, 0.1) is 6.92 Å². The van der Waals surface area contributed by atoms with Crippen molar-refractivity contribution >= 4 is 54.9 Å². The van der Waals surface area contributed by atoms with E-state index < -0.39 is 22.1 Å². The van der Waals surface area contributed by atoms with E-state index in [1.54, 1.807) is 32.0 Å². The van der Waals surface area contributed by atoms with Gasteiger partial charge in [0.2, 0.25) is 11.8 Å². The maximum absolute atomic E-state index is 13.1. The van der Waals surface area contributed by atoms with Gasteiger partial charge in [-0.25, -0.2) is 8.42 Å². The van der Waals surface area contributed by atoms with Crippen molar-refractivity contribution in [1.29, 1.82) is 0 Å². The quantitative estimate of drug-likeness (QED) is 0.707. The van der Waals surface area contributed by atoms with Crippen LogP contribution in [0.25, 0.3) is 10.1 Å². The number of sulfonamides is 1. The minimum atomic E-state index is -3.89. The highest BCUT2D eigenvalue weighted by Gasteiger charge is 2.40. The van der Waals surface area contributed by atoms with Gasteiger partial charge in [0.05, 0.1) is 0 Å². The lowest BCUT2D eigenvalue weighted by Gasteiger charge is -2.32. The zero-order chi connectivity index (χ0) is 22.3. The molecule has 2 fully saturated rings. The Morgan fingerprint density at radius 2 is 1.94 bits per heavy atom. The van der Waals surface area contributed by atoms with Crippen LogP contribution in [0.3, 0.4) is 0 Å². The number of nitrogens with zero attached hydrogens (tertiary/aromatic N) is 2. The number of benzene rings is 1. The number of piperidine rings is 1. The zero-order valence-corrected chi connectivity index (χ0v) is 19.9. The zero-order valence-electron chi connectivity index (χ0n) is 17.6. The van der Waals surface area contributed by atoms with E-state index in [1.165, 1.54) is 4.90 Å². The first-order chi connectivity index (χ1) is 14.7. The van der Waals surface area contributed by atoms with Gasteiger partial charge in [-0.3, -0.25) is 9.59 Å². The average Bonchev–Trinajstić information content (AvgIpc) is 3.27. The summed E-state index contributed by atoms with van der Waals surface area (Å²) < 4.78 is 29.8. The number of hydrogen-bond donors (Lipinski definition) is 1. The Morgan fingerprint density at radius 3 is 2.65 bits per heavy atom. The smallest absolute Gasteiger partial charge is 0.251 e. The fourth-order valence-corrected chi connectivity index (χ4v) is 7.53. The Hall–Kier alpha value is -1.68. The molecule has 1 N–H and O–H groups in total. The third kappa shape index (κ3) is 4.33. The van der Waals surface area contributed by atoms with Gasteiger partial charge in [0.25, 0.3) is 10.0 Å². The number of hydrogen-bond acceptors (Lipinski definition) is 5. The molecular formula is C21H26ClN3O4S2. The molecule has 0 saturated carbocycles. The monoisotopic (exact) mass is 483 g/mol. The highest BCUT2D eigenvalue weighted by Crippen LogP contribution is 2.35. The molecule has 2 aliphatic rings. The standard InChI is InChI=1S/C21H26ClN3O4S2/c1-13-16-12-15(22)6-7-18(16)30-21(13)31(28,29)23-17-8-11-25(20(17)27)14(2)19(26)24-9-4-3-5-10-24/h6-7,12,14,17,23H,3-5,8-11H2,1-2H3/t14-,17-/m0/s1. The second-order valence-electron chi connectivity index (χ2n) is 8.21. The molecular weight excluding hydrogens is 458 g/mol. The second-order valence-corrected chi connectivity index (χ2v) is 11.6. The van der Waals surface area contributed by atoms with Crippen molar-refractivity contribution in [3.8, 4) is 0 Å². The van der Waals surface area contributed by atoms with Crippen molar-refractivity contribution in [2.45, 2.75) is 55.8 Å². The van der Waals surface area contributed by atoms with Crippen molar-refractivity contribution in [2.24, 2.45) is 0 Å². The van der Waals surface area contributed by atoms with E-state index in [4.69, 9.17) is 11.6 Å². The summed E-state index contributed by atoms with van der Waals surface area (Å²) in [6, 6.07) is 3.81. The number of carbonyl (C=O) groups is 2. The van der Waals surface area contributed by atoms with E-state index in [2.05, 4.69) is 4.72 Å². The van der Waals surface area contributed by atoms with Crippen LogP contribution in [0.1, 0.15) is 38.2 Å². The molecule has 7 nitrogen and oxygen atoms in total. The first kappa shape index (κ1) is 22.5. The van der Waals surface area contributed by atoms with Gasteiger partial charge in [-0.1, -0.05) is 11.6 Å². The Labute approximate surface area is 191 Å². The molecule has 0 radical (unpaired) electrons. The van der Waals surface area contributed by atoms with Crippen LogP contribution in [0.15, 0.2) is 22.4 Å². The minimum Gasteiger partial charge on any atom is -0.341 e. The number of amides is 2. The third-order valence-electron chi connectivity index (χ3n) is 6.13. The molecule has 2 amide bonds. The summed E-state index contributed by atoms with van der Waals surface area (Å²) >= 11 is 7.22. The molecule has 2 saturated heterocycles. The Kier molecular flexibility index (Phi) is 6.31. The van der Waals surface area contributed by atoms with Crippen LogP contribution >= 0.6 is 22.9 Å². The number of nitrogens with one attached hydrogen (secondary N) is 1. The van der Waals surface area contributed by atoms with E-state index in [-0.39, 0.29) is 16.0 Å². The molecule has 168 valence electrons. The number of carbonyl (C=O) groups excluding carboxylic acids is 2. The molecule has 1 aromatic heterocycles. The van der Waals surface area contributed by atoms with E-state index in [9.17, 15) is 18.0 Å². The lowest BCUT2D eigenvalue weighted by atomic mass is 10.1. The Bertz CT molecular complexity index is 1130. The summed E-state index contributed by atoms with van der Waals surface area (Å²) in [6.07, 6.45) is 3.42. The van der Waals surface area contributed by atoms with E-state index >= 15 is 0 Å². The number of aryl methyl sites for hydroxylation is 1. The summed E-state index contributed by atoms with van der Waals surface area (Å²) in [5.74, 6) is -0.406. The Balaban J connectivity index is 1.49. The van der Waals surface area contributed by atoms with Crippen molar-refractivity contribution < 1.29 is 18.0 Å². The molecule has 0 bridgehead atoms. The fraction of sp³-hybridized carbons (Fsp3) is 0.524. The largest absolute Gasteiger partial charge is 0.341 e. The molecule has 4 rings (SSSR count). The molecule has 0 unspecified atom stereocenters. The summed E-state index contributed by atoms with van der Waals surface area (Å²) in [6.45, 7) is 5.26. The molecule has 3 heterocycles. The molecule has 2 aliphatic heterocycles. The minimum absolute atomic E-state index is 0.0613. The molecule has 0 spiro atoms. The van der Waals surface area contributed by atoms with E-state index in [0.29, 0.717) is 23.6 Å². The first-order valence-electron chi connectivity index (χ1n) is 10.5. The molecule has 0 aliphatic carbocycles. The number of fused-ring (bicyclic) bond motifs is 1. The van der Waals surface area contributed by atoms with Crippen molar-refractivity contribution in [1.82, 2.24) is 14.5 Å². The van der Waals surface area contributed by atoms with Gasteiger partial charge in [-0.15, -0.1) is 11.3 Å². The lowest BCUT2D eigenvalue weighted by Crippen LogP contribution is -2.51. The van der Waals surface area contributed by atoms with Crippen LogP contribution in [0.5, 0.6) is 0 Å². The van der Waals surface area contributed by atoms with Gasteiger partial charge < -0.3 is 9.80 Å². The summed E-state index contributed by atoms with van der Waals surface area (Å²) in [7, 11) is -3.89. The molecule has 10 heteroatoms. The van der Waals surface area contributed by atoms with E-state index in [0.717, 1.165) is 53.8 Å². The van der Waals surface area contributed by atoms with Crippen LogP contribution in [-0.2, 0) is 19.6 Å². The van der Waals surface area contributed by atoms with Crippen LogP contribution in [0.4, 0.5) is 0 Å². The van der Waals surface area contributed by atoms with Crippen molar-refractivity contribution in [3.05, 3.63) is 28.8 Å². The fourth-order valence-electron chi connectivity index (χ4n) is 4.38. The predicted octanol–water partition coefficient (Wildman–Crippen LogP) is 3.14. The molecule has 2 aromatic rings. The van der Waals surface area contributed by atoms with Crippen molar-refractivity contribution in [2.75, 3.05) is 19.6 Å². The van der Waals surface area contributed by atoms with Crippen molar-refractivity contribution in [3.63, 3.8) is 0 Å². The summed E-state index contributed by atoms with van der Waals surface area (Å²) in [5.41, 5.74) is 0.617. The lowest BCUT2D eigenvalue weighted by molar-refractivity contribution is -0.143. The maximum Gasteiger partial charge on any atom is 0.251 e. The normalized spacial score (nSPS) is 21.1. The third-order valence-corrected chi connectivity index (χ3v) is 9.73. The van der Waals surface area contributed by atoms with Gasteiger partial charge in [0.15, 0.2) is 0 Å². The summed E-state index contributed by atoms with van der Waals surface area (Å²) in [4.78, 5) is 29.1. The second kappa shape index (κ2) is 8.69. The van der Waals surface area contributed by atoms with Gasteiger partial charge in [-0.2, -0.15) is 4.72 Å². The topological polar surface area (TPSA) is 86.8 Å². The number of likely N-dealkylation sites (tertiary alicyclic amines) is 2.